The number of ketones is 4. The molecule has 2 amide bonds. The molecular weight excluding hydrogens is 664 g/mol. The van der Waals surface area contributed by atoms with Gasteiger partial charge in [0.15, 0.2) is 23.3 Å². The summed E-state index contributed by atoms with van der Waals surface area (Å²) < 4.78 is 0. The van der Waals surface area contributed by atoms with E-state index in [0.29, 0.717) is 6.42 Å². The summed E-state index contributed by atoms with van der Waals surface area (Å²) >= 11 is 0. The second-order valence-corrected chi connectivity index (χ2v) is 15.6. The Morgan fingerprint density at radius 2 is 1.31 bits per heavy atom. The van der Waals surface area contributed by atoms with Gasteiger partial charge in [-0.3, -0.25) is 38.6 Å². The molecule has 0 aromatic heterocycles. The molecule has 0 fully saturated rings. The maximum absolute atomic E-state index is 13.4. The minimum atomic E-state index is -1.48. The number of carboxylic acid groups (broad SMARTS) is 1. The van der Waals surface area contributed by atoms with Crippen LogP contribution in [0.3, 0.4) is 0 Å². The summed E-state index contributed by atoms with van der Waals surface area (Å²) in [4.78, 5) is 93.6. The number of aliphatic imine (C=N–C) groups is 1. The molecule has 0 aromatic rings. The number of hydrogen-bond donors (Lipinski definition) is 8. The Balaban J connectivity index is 5.73. The van der Waals surface area contributed by atoms with Gasteiger partial charge in [0.25, 0.3) is 0 Å². The van der Waals surface area contributed by atoms with E-state index < -0.39 is 103 Å². The largest absolute Gasteiger partial charge is 0.481 e. The molecule has 292 valence electrons. The summed E-state index contributed by atoms with van der Waals surface area (Å²) in [6.45, 7) is 12.6. The number of carbonyl (C=O) groups is 7. The van der Waals surface area contributed by atoms with Crippen LogP contribution in [0.2, 0.25) is 0 Å². The van der Waals surface area contributed by atoms with Crippen LogP contribution in [0.5, 0.6) is 0 Å². The topological polar surface area (TPSA) is 281 Å². The van der Waals surface area contributed by atoms with Gasteiger partial charge in [0.2, 0.25) is 11.8 Å². The number of nitrogens with one attached hydrogen (secondary N) is 3. The summed E-state index contributed by atoms with van der Waals surface area (Å²) in [5, 5.41) is 37.3. The molecule has 0 unspecified atom stereocenters. The van der Waals surface area contributed by atoms with Crippen molar-refractivity contribution >= 4 is 46.9 Å². The Labute approximate surface area is 301 Å². The quantitative estimate of drug-likeness (QED) is 0.0356. The highest BCUT2D eigenvalue weighted by Gasteiger charge is 2.35. The van der Waals surface area contributed by atoms with E-state index in [1.165, 1.54) is 0 Å². The predicted molar refractivity (Wildman–Crippen MR) is 191 cm³/mol. The van der Waals surface area contributed by atoms with Crippen molar-refractivity contribution in [3.63, 3.8) is 0 Å². The van der Waals surface area contributed by atoms with Crippen LogP contribution < -0.4 is 27.4 Å². The molecule has 0 aliphatic heterocycles. The third-order valence-electron chi connectivity index (χ3n) is 7.92. The lowest BCUT2D eigenvalue weighted by Gasteiger charge is -2.29. The van der Waals surface area contributed by atoms with E-state index in [4.69, 9.17) is 11.5 Å². The lowest BCUT2D eigenvalue weighted by atomic mass is 9.79. The van der Waals surface area contributed by atoms with Crippen molar-refractivity contribution in [1.82, 2.24) is 16.0 Å². The Kier molecular flexibility index (Phi) is 20.6. The normalized spacial score (nSPS) is 14.8. The lowest BCUT2D eigenvalue weighted by molar-refractivity contribution is -0.144. The van der Waals surface area contributed by atoms with Gasteiger partial charge >= 0.3 is 5.97 Å². The molecule has 0 aliphatic carbocycles. The molecule has 0 heterocycles. The molecule has 0 radical (unpaired) electrons. The van der Waals surface area contributed by atoms with Crippen LogP contribution in [0, 0.1) is 29.1 Å². The van der Waals surface area contributed by atoms with Crippen LogP contribution in [0.1, 0.15) is 100 Å². The lowest BCUT2D eigenvalue weighted by Crippen LogP contribution is -2.49. The number of nitrogens with two attached hydrogens (primary N) is 2. The van der Waals surface area contributed by atoms with E-state index in [1.807, 2.05) is 34.6 Å². The van der Waals surface area contributed by atoms with Crippen molar-refractivity contribution in [3.05, 3.63) is 0 Å². The van der Waals surface area contributed by atoms with Crippen molar-refractivity contribution in [2.45, 2.75) is 118 Å². The Morgan fingerprint density at radius 1 is 0.745 bits per heavy atom. The third-order valence-corrected chi connectivity index (χ3v) is 7.92. The summed E-state index contributed by atoms with van der Waals surface area (Å²) in [5.74, 6) is -8.13. The molecule has 0 aromatic carbocycles. The average Bonchev–Trinajstić information content (AvgIpc) is 2.99. The number of rotatable bonds is 25. The molecule has 0 saturated heterocycles. The van der Waals surface area contributed by atoms with Gasteiger partial charge in [-0.1, -0.05) is 34.6 Å². The highest BCUT2D eigenvalue weighted by Crippen LogP contribution is 2.25. The predicted octanol–water partition coefficient (Wildman–Crippen LogP) is 0.245. The van der Waals surface area contributed by atoms with Crippen LogP contribution in [-0.2, 0) is 33.6 Å². The van der Waals surface area contributed by atoms with E-state index in [0.717, 1.165) is 0 Å². The van der Waals surface area contributed by atoms with Crippen LogP contribution in [0.25, 0.3) is 0 Å². The highest BCUT2D eigenvalue weighted by atomic mass is 16.4. The molecule has 10 N–H and O–H groups in total. The average molecular weight is 727 g/mol. The Bertz CT molecular complexity index is 1230. The first-order valence-corrected chi connectivity index (χ1v) is 17.4. The number of guanidine groups is 1. The van der Waals surface area contributed by atoms with Crippen molar-refractivity contribution in [2.75, 3.05) is 26.3 Å². The molecule has 5 atom stereocenters. The summed E-state index contributed by atoms with van der Waals surface area (Å²) in [6, 6.07) is -2.02. The number of Topliss-reactive ketones (excluding diaryl/α,β-unsaturated/α-hetero) is 4. The van der Waals surface area contributed by atoms with Crippen molar-refractivity contribution in [2.24, 2.45) is 45.5 Å². The zero-order valence-corrected chi connectivity index (χ0v) is 31.5. The number of hydrogen-bond acceptors (Lipinski definition) is 11. The summed E-state index contributed by atoms with van der Waals surface area (Å²) in [6.07, 6.45) is -0.932. The summed E-state index contributed by atoms with van der Waals surface area (Å²) in [5.41, 5.74) is 9.42. The minimum absolute atomic E-state index is 0.0740. The smallest absolute Gasteiger partial charge is 0.304 e. The molecule has 0 spiro atoms. The van der Waals surface area contributed by atoms with Crippen molar-refractivity contribution in [3.8, 4) is 0 Å². The van der Waals surface area contributed by atoms with E-state index in [9.17, 15) is 48.9 Å². The zero-order valence-electron chi connectivity index (χ0n) is 31.5. The van der Waals surface area contributed by atoms with Crippen molar-refractivity contribution < 1.29 is 48.9 Å². The van der Waals surface area contributed by atoms with Gasteiger partial charge in [0.1, 0.15) is 11.8 Å². The molecule has 0 bridgehead atoms. The molecular formula is C35H62N6O10. The number of nitrogens with zero attached hydrogens (tertiary/aromatic N) is 1. The highest BCUT2D eigenvalue weighted by molar-refractivity contribution is 5.97. The van der Waals surface area contributed by atoms with Gasteiger partial charge in [0.05, 0.1) is 38.1 Å². The monoisotopic (exact) mass is 726 g/mol. The Hall–Kier alpha value is -3.76. The number of aliphatic carboxylic acids is 1. The number of aliphatic hydroxyl groups excluding tert-OH is 2. The van der Waals surface area contributed by atoms with E-state index in [1.54, 1.807) is 20.8 Å². The molecule has 0 saturated carbocycles. The van der Waals surface area contributed by atoms with Gasteiger partial charge in [-0.2, -0.15) is 0 Å². The van der Waals surface area contributed by atoms with E-state index in [-0.39, 0.29) is 55.4 Å². The fourth-order valence-corrected chi connectivity index (χ4v) is 5.42. The SMILES string of the molecule is CC(C)C[C@H](NC(C)(C)C)C(=O)C[C@H](CO)C(=O)NCC(=O)C[C@H](CCCN=C(N)N)C(=O)N[C@@H](CO)C(=O)C[C@H](CC(=O)O)C(=O)C(C)(C)C. The molecule has 0 rings (SSSR count). The molecule has 0 aliphatic rings. The van der Waals surface area contributed by atoms with Gasteiger partial charge in [-0.25, -0.2) is 0 Å². The molecule has 16 heteroatoms. The van der Waals surface area contributed by atoms with Crippen LogP contribution >= 0.6 is 0 Å². The number of carbonyl (C=O) groups excluding carboxylic acids is 6. The number of aliphatic hydroxyl groups is 2. The first kappa shape index (κ1) is 47.2. The third kappa shape index (κ3) is 20.0. The van der Waals surface area contributed by atoms with Gasteiger partial charge in [-0.15, -0.1) is 0 Å². The fourth-order valence-electron chi connectivity index (χ4n) is 5.42. The molecule has 51 heavy (non-hydrogen) atoms. The minimum Gasteiger partial charge on any atom is -0.481 e. The summed E-state index contributed by atoms with van der Waals surface area (Å²) in [7, 11) is 0. The van der Waals surface area contributed by atoms with Crippen LogP contribution in [-0.4, -0.2) is 106 Å². The van der Waals surface area contributed by atoms with Gasteiger partial charge in [-0.05, 0) is 46.0 Å². The standard InChI is InChI=1S/C35H62N6O10/c1-20(2)12-25(41-35(6,7)8)27(45)15-23(18-42)31(50)39-17-24(44)13-21(10-9-11-38-33(36)37)32(51)40-26(19-43)28(46)14-22(16-29(47)48)30(49)34(3,4)5/h20-23,25-26,41-43H,9-19H2,1-8H3,(H,39,50)(H,40,51)(H,47,48)(H4,36,37,38)/t21-,22+,23+,25-,26-/m0/s1. The molecule has 16 nitrogen and oxygen atoms in total. The maximum atomic E-state index is 13.4. The van der Waals surface area contributed by atoms with Gasteiger partial charge < -0.3 is 42.7 Å². The van der Waals surface area contributed by atoms with Crippen molar-refractivity contribution in [1.29, 1.82) is 0 Å². The fraction of sp³-hybridized carbons (Fsp3) is 0.771. The Morgan fingerprint density at radius 3 is 1.78 bits per heavy atom. The van der Waals surface area contributed by atoms with Crippen LogP contribution in [0.4, 0.5) is 0 Å². The first-order chi connectivity index (χ1) is 23.4. The zero-order chi connectivity index (χ0) is 39.7. The number of amides is 2. The van der Waals surface area contributed by atoms with Crippen LogP contribution in [0.15, 0.2) is 4.99 Å². The maximum Gasteiger partial charge on any atom is 0.304 e. The van der Waals surface area contributed by atoms with E-state index in [2.05, 4.69) is 20.9 Å². The van der Waals surface area contributed by atoms with E-state index >= 15 is 0 Å². The van der Waals surface area contributed by atoms with Gasteiger partial charge in [0, 0.05) is 48.6 Å². The number of carboxylic acids is 1. The first-order valence-electron chi connectivity index (χ1n) is 17.4. The second kappa shape index (κ2) is 22.2. The second-order valence-electron chi connectivity index (χ2n) is 15.6.